The third-order valence-electron chi connectivity index (χ3n) is 4.21. The quantitative estimate of drug-likeness (QED) is 0.914. The molecule has 1 atom stereocenters. The van der Waals surface area contributed by atoms with Crippen molar-refractivity contribution in [2.75, 3.05) is 39.3 Å². The number of aliphatic hydroxyl groups excluding tert-OH is 1. The van der Waals surface area contributed by atoms with Gasteiger partial charge in [0.05, 0.1) is 6.10 Å². The molecule has 0 aliphatic carbocycles. The summed E-state index contributed by atoms with van der Waals surface area (Å²) in [5.41, 5.74) is 1.32. The molecule has 0 bridgehead atoms. The number of benzene rings is 1. The third kappa shape index (κ3) is 3.51. The average molecular weight is 296 g/mol. The molecule has 20 heavy (non-hydrogen) atoms. The Morgan fingerprint density at radius 1 is 1.00 bits per heavy atom. The monoisotopic (exact) mass is 295 g/mol. The largest absolute Gasteiger partial charge is 0.392 e. The summed E-state index contributed by atoms with van der Waals surface area (Å²) in [6.07, 6.45) is 0.771. The van der Waals surface area contributed by atoms with Crippen molar-refractivity contribution in [3.8, 4) is 0 Å². The minimum absolute atomic E-state index is 0.137. The molecule has 110 valence electrons. The molecule has 1 aromatic carbocycles. The zero-order valence-electron chi connectivity index (χ0n) is 11.7. The van der Waals surface area contributed by atoms with E-state index < -0.39 is 0 Å². The Morgan fingerprint density at radius 3 is 2.30 bits per heavy atom. The van der Waals surface area contributed by atoms with E-state index in [2.05, 4.69) is 27.1 Å². The number of aliphatic hydroxyl groups is 1. The second-order valence-corrected chi connectivity index (χ2v) is 6.15. The zero-order valence-corrected chi connectivity index (χ0v) is 12.5. The fraction of sp³-hybridized carbons (Fsp3) is 0.600. The summed E-state index contributed by atoms with van der Waals surface area (Å²) in [6.45, 7) is 7.06. The van der Waals surface area contributed by atoms with E-state index in [9.17, 15) is 5.11 Å². The highest BCUT2D eigenvalue weighted by Gasteiger charge is 2.27. The molecule has 2 saturated heterocycles. The molecule has 2 heterocycles. The molecule has 3 rings (SSSR count). The highest BCUT2D eigenvalue weighted by Crippen LogP contribution is 2.16. The fourth-order valence-corrected chi connectivity index (χ4v) is 3.13. The van der Waals surface area contributed by atoms with Crippen LogP contribution in [-0.4, -0.2) is 65.4 Å². The van der Waals surface area contributed by atoms with Gasteiger partial charge < -0.3 is 5.11 Å². The van der Waals surface area contributed by atoms with Crippen LogP contribution in [0.3, 0.4) is 0 Å². The molecule has 2 aliphatic rings. The Labute approximate surface area is 125 Å². The standard InChI is InChI=1S/C15H22ClN3O/c16-14-3-1-13(2-4-14)11-17-7-9-18(10-8-17)19-6-5-15(20)12-19/h1-4,15,20H,5-12H2. The summed E-state index contributed by atoms with van der Waals surface area (Å²) in [5.74, 6) is 0. The first-order valence-electron chi connectivity index (χ1n) is 7.35. The molecule has 2 aliphatic heterocycles. The van der Waals surface area contributed by atoms with Gasteiger partial charge in [0.1, 0.15) is 0 Å². The Balaban J connectivity index is 1.47. The van der Waals surface area contributed by atoms with E-state index in [-0.39, 0.29) is 6.10 Å². The van der Waals surface area contributed by atoms with Crippen molar-refractivity contribution in [2.45, 2.75) is 19.1 Å². The van der Waals surface area contributed by atoms with Gasteiger partial charge in [0.15, 0.2) is 0 Å². The minimum Gasteiger partial charge on any atom is -0.392 e. The van der Waals surface area contributed by atoms with Crippen molar-refractivity contribution in [1.82, 2.24) is 14.9 Å². The van der Waals surface area contributed by atoms with Crippen LogP contribution < -0.4 is 0 Å². The van der Waals surface area contributed by atoms with Crippen LogP contribution in [0.15, 0.2) is 24.3 Å². The Bertz CT molecular complexity index is 431. The fourth-order valence-electron chi connectivity index (χ4n) is 3.01. The number of nitrogens with zero attached hydrogens (tertiary/aromatic N) is 3. The summed E-state index contributed by atoms with van der Waals surface area (Å²) < 4.78 is 0. The lowest BCUT2D eigenvalue weighted by molar-refractivity contribution is -0.0484. The summed E-state index contributed by atoms with van der Waals surface area (Å²) in [4.78, 5) is 2.48. The van der Waals surface area contributed by atoms with Crippen molar-refractivity contribution >= 4 is 11.6 Å². The van der Waals surface area contributed by atoms with Gasteiger partial charge in [-0.1, -0.05) is 23.7 Å². The SMILES string of the molecule is OC1CCN(N2CCN(Cc3ccc(Cl)cc3)CC2)C1. The van der Waals surface area contributed by atoms with Gasteiger partial charge in [-0.15, -0.1) is 0 Å². The molecule has 0 amide bonds. The van der Waals surface area contributed by atoms with Gasteiger partial charge >= 0.3 is 0 Å². The molecule has 1 aromatic rings. The summed E-state index contributed by atoms with van der Waals surface area (Å²) in [5, 5.41) is 15.1. The molecule has 4 nitrogen and oxygen atoms in total. The molecule has 0 saturated carbocycles. The maximum atomic E-state index is 9.61. The average Bonchev–Trinajstić information content (AvgIpc) is 2.89. The number of piperazine rings is 1. The van der Waals surface area contributed by atoms with Crippen molar-refractivity contribution < 1.29 is 5.11 Å². The van der Waals surface area contributed by atoms with E-state index in [0.717, 1.165) is 57.3 Å². The maximum Gasteiger partial charge on any atom is 0.0694 e. The number of β-amino-alcohol motifs (C(OH)–C–C–N with tert-alkyl or cyclic N) is 1. The van der Waals surface area contributed by atoms with Crippen LogP contribution in [0.25, 0.3) is 0 Å². The van der Waals surface area contributed by atoms with E-state index in [0.29, 0.717) is 0 Å². The third-order valence-corrected chi connectivity index (χ3v) is 4.46. The molecule has 0 spiro atoms. The van der Waals surface area contributed by atoms with Gasteiger partial charge in [-0.2, -0.15) is 0 Å². The van der Waals surface area contributed by atoms with E-state index in [1.54, 1.807) is 0 Å². The van der Waals surface area contributed by atoms with Crippen molar-refractivity contribution in [2.24, 2.45) is 0 Å². The minimum atomic E-state index is -0.137. The summed E-state index contributed by atoms with van der Waals surface area (Å²) in [6, 6.07) is 8.12. The zero-order chi connectivity index (χ0) is 13.9. The van der Waals surface area contributed by atoms with Gasteiger partial charge in [-0.25, -0.2) is 10.0 Å². The normalized spacial score (nSPS) is 26.2. The molecule has 5 heteroatoms. The van der Waals surface area contributed by atoms with Crippen LogP contribution >= 0.6 is 11.6 Å². The van der Waals surface area contributed by atoms with Crippen LogP contribution in [-0.2, 0) is 6.54 Å². The Hall–Kier alpha value is -0.650. The molecule has 1 N–H and O–H groups in total. The van der Waals surface area contributed by atoms with Crippen molar-refractivity contribution in [3.63, 3.8) is 0 Å². The van der Waals surface area contributed by atoms with Gasteiger partial charge in [0.2, 0.25) is 0 Å². The predicted octanol–water partition coefficient (Wildman–Crippen LogP) is 1.44. The Kier molecular flexibility index (Phi) is 4.58. The first-order valence-corrected chi connectivity index (χ1v) is 7.73. The van der Waals surface area contributed by atoms with Crippen LogP contribution in [0.4, 0.5) is 0 Å². The lowest BCUT2D eigenvalue weighted by atomic mass is 10.2. The van der Waals surface area contributed by atoms with Crippen molar-refractivity contribution in [1.29, 1.82) is 0 Å². The first-order chi connectivity index (χ1) is 9.70. The van der Waals surface area contributed by atoms with Crippen molar-refractivity contribution in [3.05, 3.63) is 34.9 Å². The second-order valence-electron chi connectivity index (χ2n) is 5.71. The molecule has 2 fully saturated rings. The van der Waals surface area contributed by atoms with Gasteiger partial charge in [0.25, 0.3) is 0 Å². The van der Waals surface area contributed by atoms with Crippen LogP contribution in [0, 0.1) is 0 Å². The van der Waals surface area contributed by atoms with Crippen LogP contribution in [0.1, 0.15) is 12.0 Å². The van der Waals surface area contributed by atoms with E-state index >= 15 is 0 Å². The second kappa shape index (κ2) is 6.41. The van der Waals surface area contributed by atoms with Crippen LogP contribution in [0.5, 0.6) is 0 Å². The van der Waals surface area contributed by atoms with Gasteiger partial charge in [0, 0.05) is 50.8 Å². The number of hydrazine groups is 1. The molecule has 0 aromatic heterocycles. The molecule has 0 radical (unpaired) electrons. The Morgan fingerprint density at radius 2 is 1.70 bits per heavy atom. The van der Waals surface area contributed by atoms with E-state index in [1.807, 2.05) is 12.1 Å². The topological polar surface area (TPSA) is 30.0 Å². The van der Waals surface area contributed by atoms with Gasteiger partial charge in [-0.05, 0) is 24.1 Å². The number of rotatable bonds is 3. The predicted molar refractivity (Wildman–Crippen MR) is 80.5 cm³/mol. The van der Waals surface area contributed by atoms with E-state index in [4.69, 9.17) is 11.6 Å². The lowest BCUT2D eigenvalue weighted by Crippen LogP contribution is -2.52. The number of hydrogen-bond donors (Lipinski definition) is 1. The number of hydrogen-bond acceptors (Lipinski definition) is 4. The summed E-state index contributed by atoms with van der Waals surface area (Å²) in [7, 11) is 0. The smallest absolute Gasteiger partial charge is 0.0694 e. The highest BCUT2D eigenvalue weighted by atomic mass is 35.5. The maximum absolute atomic E-state index is 9.61. The number of halogens is 1. The molecule has 1 unspecified atom stereocenters. The lowest BCUT2D eigenvalue weighted by Gasteiger charge is -2.39. The highest BCUT2D eigenvalue weighted by molar-refractivity contribution is 6.30. The van der Waals surface area contributed by atoms with Gasteiger partial charge in [-0.3, -0.25) is 4.90 Å². The van der Waals surface area contributed by atoms with E-state index in [1.165, 1.54) is 5.56 Å². The first kappa shape index (κ1) is 14.3. The van der Waals surface area contributed by atoms with Crippen LogP contribution in [0.2, 0.25) is 5.02 Å². The molecular formula is C15H22ClN3O. The summed E-state index contributed by atoms with van der Waals surface area (Å²) >= 11 is 5.91. The molecular weight excluding hydrogens is 274 g/mol.